The Balaban J connectivity index is 1.61. The molecule has 5 rings (SSSR count). The molecule has 7 heteroatoms. The summed E-state index contributed by atoms with van der Waals surface area (Å²) in [6.45, 7) is 0.643. The molecule has 0 spiro atoms. The van der Waals surface area contributed by atoms with E-state index < -0.39 is 0 Å². The second-order valence-corrected chi connectivity index (χ2v) is 8.01. The zero-order valence-electron chi connectivity index (χ0n) is 19.9. The summed E-state index contributed by atoms with van der Waals surface area (Å²) in [4.78, 5) is 9.21. The number of ether oxygens (including phenoxy) is 3. The first-order chi connectivity index (χ1) is 17.2. The van der Waals surface area contributed by atoms with Crippen LogP contribution in [0.5, 0.6) is 17.2 Å². The predicted molar refractivity (Wildman–Crippen MR) is 138 cm³/mol. The third-order valence-electron chi connectivity index (χ3n) is 5.91. The zero-order chi connectivity index (χ0) is 24.2. The highest BCUT2D eigenvalue weighted by Crippen LogP contribution is 2.33. The second kappa shape index (κ2) is 9.77. The van der Waals surface area contributed by atoms with Gasteiger partial charge >= 0.3 is 0 Å². The van der Waals surface area contributed by atoms with Crippen LogP contribution >= 0.6 is 0 Å². The Morgan fingerprint density at radius 2 is 1.43 bits per heavy atom. The maximum absolute atomic E-state index is 5.37. The van der Waals surface area contributed by atoms with Crippen molar-refractivity contribution in [3.05, 3.63) is 90.8 Å². The van der Waals surface area contributed by atoms with E-state index in [1.54, 1.807) is 27.7 Å². The summed E-state index contributed by atoms with van der Waals surface area (Å²) >= 11 is 0. The molecule has 1 N–H and O–H groups in total. The number of hydrogen-bond acceptors (Lipinski definition) is 6. The van der Waals surface area contributed by atoms with Gasteiger partial charge in [0.2, 0.25) is 0 Å². The first kappa shape index (κ1) is 22.3. The molecule has 0 atom stereocenters. The fraction of sp³-hybridized carbons (Fsp3) is 0.143. The van der Waals surface area contributed by atoms with Gasteiger partial charge < -0.3 is 24.1 Å². The van der Waals surface area contributed by atoms with E-state index in [1.165, 1.54) is 0 Å². The molecule has 5 aromatic rings. The van der Waals surface area contributed by atoms with Crippen molar-refractivity contribution in [2.45, 2.75) is 6.54 Å². The molecular formula is C28H26N4O3. The Bertz CT molecular complexity index is 1440. The molecule has 0 saturated carbocycles. The molecule has 0 unspecified atom stereocenters. The second-order valence-electron chi connectivity index (χ2n) is 8.01. The summed E-state index contributed by atoms with van der Waals surface area (Å²) in [6.07, 6.45) is 1.59. The van der Waals surface area contributed by atoms with Crippen LogP contribution in [0, 0.1) is 0 Å². The van der Waals surface area contributed by atoms with Gasteiger partial charge in [-0.1, -0.05) is 18.2 Å². The lowest BCUT2D eigenvalue weighted by Gasteiger charge is -2.12. The third kappa shape index (κ3) is 4.61. The van der Waals surface area contributed by atoms with Gasteiger partial charge in [-0.2, -0.15) is 0 Å². The van der Waals surface area contributed by atoms with E-state index in [0.29, 0.717) is 6.54 Å². The largest absolute Gasteiger partial charge is 0.497 e. The average Bonchev–Trinajstić information content (AvgIpc) is 3.28. The molecule has 35 heavy (non-hydrogen) atoms. The normalized spacial score (nSPS) is 10.8. The topological polar surface area (TPSA) is 70.4 Å². The van der Waals surface area contributed by atoms with Gasteiger partial charge in [0.25, 0.3) is 0 Å². The molecule has 2 aromatic heterocycles. The van der Waals surface area contributed by atoms with Crippen molar-refractivity contribution in [1.29, 1.82) is 0 Å². The number of rotatable bonds is 8. The minimum absolute atomic E-state index is 0.643. The Morgan fingerprint density at radius 3 is 2.11 bits per heavy atom. The van der Waals surface area contributed by atoms with Gasteiger partial charge in [0.05, 0.1) is 32.4 Å². The number of anilines is 2. The fourth-order valence-corrected chi connectivity index (χ4v) is 4.07. The first-order valence-corrected chi connectivity index (χ1v) is 11.2. The molecule has 176 valence electrons. The molecule has 2 heterocycles. The number of benzene rings is 3. The van der Waals surface area contributed by atoms with Crippen LogP contribution in [0.2, 0.25) is 0 Å². The summed E-state index contributed by atoms with van der Waals surface area (Å²) in [6, 6.07) is 26.0. The van der Waals surface area contributed by atoms with Crippen molar-refractivity contribution in [3.8, 4) is 28.5 Å². The van der Waals surface area contributed by atoms with Crippen LogP contribution in [-0.2, 0) is 6.54 Å². The number of aromatic nitrogens is 3. The molecule has 3 aromatic carbocycles. The van der Waals surface area contributed by atoms with Crippen molar-refractivity contribution >= 4 is 22.5 Å². The van der Waals surface area contributed by atoms with Crippen molar-refractivity contribution in [3.63, 3.8) is 0 Å². The van der Waals surface area contributed by atoms with E-state index in [2.05, 4.69) is 50.2 Å². The number of nitrogens with one attached hydrogen (secondary N) is 1. The van der Waals surface area contributed by atoms with E-state index in [1.807, 2.05) is 48.5 Å². The van der Waals surface area contributed by atoms with Gasteiger partial charge in [0.1, 0.15) is 35.0 Å². The van der Waals surface area contributed by atoms with Crippen molar-refractivity contribution in [1.82, 2.24) is 14.5 Å². The highest BCUT2D eigenvalue weighted by molar-refractivity contribution is 5.94. The summed E-state index contributed by atoms with van der Waals surface area (Å²) in [5.74, 6) is 3.14. The van der Waals surface area contributed by atoms with Crippen LogP contribution in [0.3, 0.4) is 0 Å². The summed E-state index contributed by atoms with van der Waals surface area (Å²) in [5.41, 5.74) is 4.96. The minimum Gasteiger partial charge on any atom is -0.497 e. The van der Waals surface area contributed by atoms with Gasteiger partial charge in [-0.25, -0.2) is 9.97 Å². The molecule has 0 fully saturated rings. The maximum atomic E-state index is 5.37. The van der Waals surface area contributed by atoms with Gasteiger partial charge in [-0.15, -0.1) is 0 Å². The molecule has 0 aliphatic carbocycles. The lowest BCUT2D eigenvalue weighted by Crippen LogP contribution is -2.04. The number of methoxy groups -OCH3 is 3. The average molecular weight is 467 g/mol. The summed E-state index contributed by atoms with van der Waals surface area (Å²) < 4.78 is 18.2. The van der Waals surface area contributed by atoms with Crippen LogP contribution in [0.4, 0.5) is 11.5 Å². The maximum Gasteiger partial charge on any atom is 0.146 e. The van der Waals surface area contributed by atoms with E-state index in [4.69, 9.17) is 14.2 Å². The van der Waals surface area contributed by atoms with Gasteiger partial charge in [-0.3, -0.25) is 0 Å². The molecule has 0 amide bonds. The fourth-order valence-electron chi connectivity index (χ4n) is 4.07. The summed E-state index contributed by atoms with van der Waals surface area (Å²) in [5, 5.41) is 4.36. The molecular weight excluding hydrogens is 440 g/mol. The molecule has 0 bridgehead atoms. The van der Waals surface area contributed by atoms with Crippen molar-refractivity contribution < 1.29 is 14.2 Å². The van der Waals surface area contributed by atoms with E-state index in [-0.39, 0.29) is 0 Å². The Labute approximate surface area is 203 Å². The zero-order valence-corrected chi connectivity index (χ0v) is 19.9. The quantitative estimate of drug-likeness (QED) is 0.306. The van der Waals surface area contributed by atoms with Crippen LogP contribution in [0.1, 0.15) is 5.56 Å². The Hall–Kier alpha value is -4.52. The molecule has 0 aliphatic rings. The standard InChI is InChI=1S/C28H26N4O3/c1-33-22-11-7-19(8-12-22)17-32-26(20-9-13-23(34-2)14-10-20)16-25-27(29-18-30-28(25)32)31-21-5-4-6-24(15-21)35-3/h4-16,18H,17H2,1-3H3,(H,29,30,31). The number of fused-ring (bicyclic) bond motifs is 1. The molecule has 7 nitrogen and oxygen atoms in total. The Morgan fingerprint density at radius 1 is 0.743 bits per heavy atom. The SMILES string of the molecule is COc1ccc(Cn2c(-c3ccc(OC)cc3)cc3c(Nc4cccc(OC)c4)ncnc32)cc1. The highest BCUT2D eigenvalue weighted by atomic mass is 16.5. The highest BCUT2D eigenvalue weighted by Gasteiger charge is 2.16. The van der Waals surface area contributed by atoms with Gasteiger partial charge in [0, 0.05) is 18.3 Å². The predicted octanol–water partition coefficient (Wildman–Crippen LogP) is 5.92. The van der Waals surface area contributed by atoms with Crippen molar-refractivity contribution in [2.24, 2.45) is 0 Å². The van der Waals surface area contributed by atoms with E-state index in [0.717, 1.165) is 56.6 Å². The molecule has 0 aliphatic heterocycles. The van der Waals surface area contributed by atoms with Crippen molar-refractivity contribution in [2.75, 3.05) is 26.6 Å². The first-order valence-electron chi connectivity index (χ1n) is 11.2. The lowest BCUT2D eigenvalue weighted by atomic mass is 10.1. The van der Waals surface area contributed by atoms with E-state index in [9.17, 15) is 0 Å². The Kier molecular flexibility index (Phi) is 6.22. The smallest absolute Gasteiger partial charge is 0.146 e. The molecule has 0 saturated heterocycles. The number of hydrogen-bond donors (Lipinski definition) is 1. The third-order valence-corrected chi connectivity index (χ3v) is 5.91. The van der Waals surface area contributed by atoms with Gasteiger partial charge in [-0.05, 0) is 65.7 Å². The summed E-state index contributed by atoms with van der Waals surface area (Å²) in [7, 11) is 4.99. The monoisotopic (exact) mass is 466 g/mol. The van der Waals surface area contributed by atoms with Crippen LogP contribution in [-0.4, -0.2) is 35.9 Å². The molecule has 0 radical (unpaired) electrons. The minimum atomic E-state index is 0.643. The van der Waals surface area contributed by atoms with Crippen LogP contribution < -0.4 is 19.5 Å². The van der Waals surface area contributed by atoms with Crippen LogP contribution in [0.25, 0.3) is 22.3 Å². The van der Waals surface area contributed by atoms with Crippen LogP contribution in [0.15, 0.2) is 85.2 Å². The van der Waals surface area contributed by atoms with Gasteiger partial charge in [0.15, 0.2) is 0 Å². The number of nitrogens with zero attached hydrogens (tertiary/aromatic N) is 3. The lowest BCUT2D eigenvalue weighted by molar-refractivity contribution is 0.414. The van der Waals surface area contributed by atoms with E-state index >= 15 is 0 Å².